The predicted molar refractivity (Wildman–Crippen MR) is 57.5 cm³/mol. The summed E-state index contributed by atoms with van der Waals surface area (Å²) in [6.45, 7) is 2.89. The van der Waals surface area contributed by atoms with Crippen LogP contribution in [-0.2, 0) is 4.79 Å². The number of hydrogen-bond donors (Lipinski definition) is 1. The molecule has 1 amide bonds. The molecule has 6 heteroatoms. The van der Waals surface area contributed by atoms with Gasteiger partial charge in [-0.25, -0.2) is 0 Å². The lowest BCUT2D eigenvalue weighted by atomic mass is 10.1. The number of amides is 1. The Morgan fingerprint density at radius 3 is 2.56 bits per heavy atom. The topological polar surface area (TPSA) is 89.3 Å². The number of aldehydes is 1. The molecule has 0 aliphatic carbocycles. The lowest BCUT2D eigenvalue weighted by molar-refractivity contribution is -0.384. The maximum atomic E-state index is 10.9. The van der Waals surface area contributed by atoms with E-state index in [0.29, 0.717) is 11.8 Å². The monoisotopic (exact) mass is 222 g/mol. The molecule has 0 aliphatic heterocycles. The molecule has 1 aromatic rings. The number of nitro benzene ring substituents is 1. The summed E-state index contributed by atoms with van der Waals surface area (Å²) in [5.74, 6) is -0.402. The lowest BCUT2D eigenvalue weighted by Crippen LogP contribution is -2.09. The van der Waals surface area contributed by atoms with Crippen LogP contribution in [-0.4, -0.2) is 17.1 Å². The molecule has 6 nitrogen and oxygen atoms in total. The third kappa shape index (κ3) is 2.41. The smallest absolute Gasteiger partial charge is 0.293 e. The highest BCUT2D eigenvalue weighted by atomic mass is 16.6. The second-order valence-electron chi connectivity index (χ2n) is 3.28. The normalized spacial score (nSPS) is 9.62. The first-order valence-electron chi connectivity index (χ1n) is 4.47. The van der Waals surface area contributed by atoms with Gasteiger partial charge in [0.15, 0.2) is 6.29 Å². The molecule has 0 radical (unpaired) electrons. The summed E-state index contributed by atoms with van der Waals surface area (Å²) in [7, 11) is 0. The Labute approximate surface area is 91.4 Å². The molecule has 0 unspecified atom stereocenters. The first-order valence-corrected chi connectivity index (χ1v) is 4.47. The van der Waals surface area contributed by atoms with Crippen LogP contribution in [0.3, 0.4) is 0 Å². The summed E-state index contributed by atoms with van der Waals surface area (Å²) < 4.78 is 0. The van der Waals surface area contributed by atoms with Crippen LogP contribution in [0, 0.1) is 17.0 Å². The number of carbonyl (C=O) groups excluding carboxylic acids is 2. The summed E-state index contributed by atoms with van der Waals surface area (Å²) in [6.07, 6.45) is 0.542. The highest BCUT2D eigenvalue weighted by Crippen LogP contribution is 2.27. The number of benzene rings is 1. The molecule has 0 saturated carbocycles. The van der Waals surface area contributed by atoms with Crippen molar-refractivity contribution >= 4 is 23.6 Å². The highest BCUT2D eigenvalue weighted by molar-refractivity contribution is 5.93. The van der Waals surface area contributed by atoms with Crippen molar-refractivity contribution < 1.29 is 14.5 Å². The van der Waals surface area contributed by atoms with E-state index in [4.69, 9.17) is 0 Å². The van der Waals surface area contributed by atoms with Crippen molar-refractivity contribution in [1.82, 2.24) is 0 Å². The van der Waals surface area contributed by atoms with Crippen molar-refractivity contribution in [1.29, 1.82) is 0 Å². The average molecular weight is 222 g/mol. The number of aryl methyl sites for hydroxylation is 1. The van der Waals surface area contributed by atoms with Crippen molar-refractivity contribution in [2.45, 2.75) is 13.8 Å². The number of nitrogens with one attached hydrogen (secondary N) is 1. The third-order valence-corrected chi connectivity index (χ3v) is 2.02. The van der Waals surface area contributed by atoms with E-state index in [1.54, 1.807) is 6.92 Å². The van der Waals surface area contributed by atoms with Crippen molar-refractivity contribution in [3.05, 3.63) is 33.4 Å². The number of hydrogen-bond acceptors (Lipinski definition) is 4. The van der Waals surface area contributed by atoms with E-state index >= 15 is 0 Å². The Bertz CT molecular complexity index is 468. The fourth-order valence-corrected chi connectivity index (χ4v) is 1.28. The van der Waals surface area contributed by atoms with Crippen LogP contribution in [0.4, 0.5) is 11.4 Å². The Balaban J connectivity index is 3.35. The van der Waals surface area contributed by atoms with E-state index in [1.807, 2.05) is 0 Å². The molecule has 1 aromatic carbocycles. The number of nitro groups is 1. The first-order chi connectivity index (χ1) is 7.45. The first kappa shape index (κ1) is 11.8. The van der Waals surface area contributed by atoms with Gasteiger partial charge in [-0.05, 0) is 18.6 Å². The molecule has 0 fully saturated rings. The number of anilines is 1. The van der Waals surface area contributed by atoms with Gasteiger partial charge in [0, 0.05) is 18.6 Å². The fraction of sp³-hybridized carbons (Fsp3) is 0.200. The van der Waals surface area contributed by atoms with Crippen molar-refractivity contribution in [2.75, 3.05) is 5.32 Å². The summed E-state index contributed by atoms with van der Waals surface area (Å²) in [5.41, 5.74) is 0.619. The summed E-state index contributed by atoms with van der Waals surface area (Å²) in [6, 6.07) is 2.55. The van der Waals surface area contributed by atoms with Gasteiger partial charge in [-0.2, -0.15) is 0 Å². The molecule has 0 atom stereocenters. The number of carbonyl (C=O) groups is 2. The second kappa shape index (κ2) is 4.52. The number of rotatable bonds is 3. The van der Waals surface area contributed by atoms with Gasteiger partial charge in [0.2, 0.25) is 5.91 Å². The molecular weight excluding hydrogens is 212 g/mol. The van der Waals surface area contributed by atoms with Crippen LogP contribution in [0.5, 0.6) is 0 Å². The Kier molecular flexibility index (Phi) is 3.34. The minimum atomic E-state index is -0.641. The van der Waals surface area contributed by atoms with Crippen LogP contribution in [0.1, 0.15) is 22.8 Å². The fourth-order valence-electron chi connectivity index (χ4n) is 1.28. The van der Waals surface area contributed by atoms with Crippen LogP contribution in [0.25, 0.3) is 0 Å². The lowest BCUT2D eigenvalue weighted by Gasteiger charge is -2.06. The van der Waals surface area contributed by atoms with Crippen LogP contribution in [0.15, 0.2) is 12.1 Å². The van der Waals surface area contributed by atoms with Crippen molar-refractivity contribution in [3.63, 3.8) is 0 Å². The van der Waals surface area contributed by atoms with Gasteiger partial charge >= 0.3 is 0 Å². The molecule has 16 heavy (non-hydrogen) atoms. The van der Waals surface area contributed by atoms with Crippen molar-refractivity contribution in [2.24, 2.45) is 0 Å². The zero-order valence-electron chi connectivity index (χ0n) is 8.81. The standard InChI is InChI=1S/C10H10N2O4/c1-6-3-9(11-7(2)14)10(12(15)16)4-8(6)5-13/h3-5H,1-2H3,(H,11,14). The minimum absolute atomic E-state index is 0.0978. The summed E-state index contributed by atoms with van der Waals surface area (Å²) in [4.78, 5) is 31.6. The van der Waals surface area contributed by atoms with E-state index in [-0.39, 0.29) is 16.9 Å². The van der Waals surface area contributed by atoms with E-state index < -0.39 is 10.8 Å². The molecule has 0 aromatic heterocycles. The van der Waals surface area contributed by atoms with E-state index in [1.165, 1.54) is 13.0 Å². The molecule has 0 spiro atoms. The van der Waals surface area contributed by atoms with E-state index in [0.717, 1.165) is 6.07 Å². The molecule has 0 heterocycles. The van der Waals surface area contributed by atoms with Gasteiger partial charge < -0.3 is 5.32 Å². The largest absolute Gasteiger partial charge is 0.321 e. The minimum Gasteiger partial charge on any atom is -0.321 e. The van der Waals surface area contributed by atoms with Gasteiger partial charge in [-0.15, -0.1) is 0 Å². The third-order valence-electron chi connectivity index (χ3n) is 2.02. The van der Waals surface area contributed by atoms with E-state index in [9.17, 15) is 19.7 Å². The van der Waals surface area contributed by atoms with E-state index in [2.05, 4.69) is 5.32 Å². The molecule has 84 valence electrons. The molecule has 0 bridgehead atoms. The summed E-state index contributed by atoms with van der Waals surface area (Å²) >= 11 is 0. The second-order valence-corrected chi connectivity index (χ2v) is 3.28. The molecule has 1 N–H and O–H groups in total. The van der Waals surface area contributed by atoms with Gasteiger partial charge in [-0.3, -0.25) is 19.7 Å². The molecular formula is C10H10N2O4. The maximum absolute atomic E-state index is 10.9. The van der Waals surface area contributed by atoms with Gasteiger partial charge in [0.05, 0.1) is 4.92 Å². The van der Waals surface area contributed by atoms with Crippen LogP contribution in [0.2, 0.25) is 0 Å². The van der Waals surface area contributed by atoms with Crippen LogP contribution >= 0.6 is 0 Å². The number of nitrogens with zero attached hydrogens (tertiary/aromatic N) is 1. The Morgan fingerprint density at radius 1 is 1.50 bits per heavy atom. The highest BCUT2D eigenvalue weighted by Gasteiger charge is 2.17. The Morgan fingerprint density at radius 2 is 2.12 bits per heavy atom. The quantitative estimate of drug-likeness (QED) is 0.478. The predicted octanol–water partition coefficient (Wildman–Crippen LogP) is 1.67. The average Bonchev–Trinajstić information content (AvgIpc) is 2.16. The summed E-state index contributed by atoms with van der Waals surface area (Å²) in [5, 5.41) is 13.1. The molecule has 0 saturated heterocycles. The SMILES string of the molecule is CC(=O)Nc1cc(C)c(C=O)cc1[N+](=O)[O-]. The van der Waals surface area contributed by atoms with Gasteiger partial charge in [0.25, 0.3) is 5.69 Å². The zero-order chi connectivity index (χ0) is 12.3. The Hall–Kier alpha value is -2.24. The van der Waals surface area contributed by atoms with Crippen molar-refractivity contribution in [3.8, 4) is 0 Å². The van der Waals surface area contributed by atoms with Gasteiger partial charge in [0.1, 0.15) is 5.69 Å². The maximum Gasteiger partial charge on any atom is 0.293 e. The molecule has 0 aliphatic rings. The molecule has 1 rings (SSSR count). The zero-order valence-corrected chi connectivity index (χ0v) is 8.81. The van der Waals surface area contributed by atoms with Crippen LogP contribution < -0.4 is 5.32 Å². The van der Waals surface area contributed by atoms with Gasteiger partial charge in [-0.1, -0.05) is 0 Å².